The van der Waals surface area contributed by atoms with Gasteiger partial charge in [0.25, 0.3) is 0 Å². The molecule has 0 heterocycles. The van der Waals surface area contributed by atoms with E-state index in [2.05, 4.69) is 16.9 Å². The van der Waals surface area contributed by atoms with Gasteiger partial charge in [0.05, 0.1) is 0 Å². The Bertz CT molecular complexity index is 173. The van der Waals surface area contributed by atoms with Gasteiger partial charge in [-0.25, -0.2) is 0 Å². The van der Waals surface area contributed by atoms with Gasteiger partial charge in [-0.1, -0.05) is 37.7 Å². The summed E-state index contributed by atoms with van der Waals surface area (Å²) in [6, 6.07) is 0. The Morgan fingerprint density at radius 2 is 2.17 bits per heavy atom. The fourth-order valence-corrected chi connectivity index (χ4v) is 2.09. The average Bonchev–Trinajstić information content (AvgIpc) is 2.15. The van der Waals surface area contributed by atoms with Crippen molar-refractivity contribution in [3.8, 4) is 0 Å². The second-order valence-corrected chi connectivity index (χ2v) is 3.72. The summed E-state index contributed by atoms with van der Waals surface area (Å²) in [7, 11) is 0. The van der Waals surface area contributed by atoms with Gasteiger partial charge >= 0.3 is 0 Å². The molecule has 0 radical (unpaired) electrons. The van der Waals surface area contributed by atoms with Gasteiger partial charge in [-0.2, -0.15) is 0 Å². The van der Waals surface area contributed by atoms with E-state index in [1.807, 2.05) is 0 Å². The number of hydrogen-bond donors (Lipinski definition) is 0. The summed E-state index contributed by atoms with van der Waals surface area (Å²) in [6.07, 6.45) is 6.52. The SMILES string of the molecule is CC[C@H]1CCC[C@@H](CN=[N+]=[N-])C1. The van der Waals surface area contributed by atoms with E-state index < -0.39 is 0 Å². The molecule has 3 heteroatoms. The van der Waals surface area contributed by atoms with Crippen LogP contribution < -0.4 is 0 Å². The molecule has 1 rings (SSSR count). The molecule has 1 fully saturated rings. The molecular formula is C9H17N3. The van der Waals surface area contributed by atoms with Crippen LogP contribution in [0.15, 0.2) is 5.11 Å². The molecule has 1 saturated carbocycles. The van der Waals surface area contributed by atoms with Crippen molar-refractivity contribution in [2.24, 2.45) is 17.0 Å². The number of nitrogens with zero attached hydrogens (tertiary/aromatic N) is 3. The highest BCUT2D eigenvalue weighted by Crippen LogP contribution is 2.30. The summed E-state index contributed by atoms with van der Waals surface area (Å²) in [5.74, 6) is 1.55. The van der Waals surface area contributed by atoms with Crippen LogP contribution >= 0.6 is 0 Å². The third kappa shape index (κ3) is 2.74. The summed E-state index contributed by atoms with van der Waals surface area (Å²) >= 11 is 0. The molecule has 3 nitrogen and oxygen atoms in total. The van der Waals surface area contributed by atoms with Gasteiger partial charge in [-0.15, -0.1) is 0 Å². The van der Waals surface area contributed by atoms with Gasteiger partial charge in [0.15, 0.2) is 0 Å². The van der Waals surface area contributed by atoms with Crippen molar-refractivity contribution in [3.05, 3.63) is 10.4 Å². The second-order valence-electron chi connectivity index (χ2n) is 3.72. The molecule has 0 aliphatic heterocycles. The maximum atomic E-state index is 8.18. The van der Waals surface area contributed by atoms with Crippen molar-refractivity contribution in [2.75, 3.05) is 6.54 Å². The van der Waals surface area contributed by atoms with Gasteiger partial charge in [0.2, 0.25) is 0 Å². The zero-order chi connectivity index (χ0) is 8.81. The topological polar surface area (TPSA) is 48.8 Å². The van der Waals surface area contributed by atoms with Crippen LogP contribution in [0.25, 0.3) is 10.4 Å². The van der Waals surface area contributed by atoms with Crippen molar-refractivity contribution < 1.29 is 0 Å². The van der Waals surface area contributed by atoms with E-state index in [1.165, 1.54) is 32.1 Å². The highest BCUT2D eigenvalue weighted by atomic mass is 15.1. The Morgan fingerprint density at radius 3 is 2.83 bits per heavy atom. The monoisotopic (exact) mass is 167 g/mol. The zero-order valence-corrected chi connectivity index (χ0v) is 7.74. The number of rotatable bonds is 3. The molecule has 2 atom stereocenters. The fourth-order valence-electron chi connectivity index (χ4n) is 2.09. The molecule has 0 bridgehead atoms. The first-order valence-corrected chi connectivity index (χ1v) is 4.87. The third-order valence-electron chi connectivity index (χ3n) is 2.87. The predicted molar refractivity (Wildman–Crippen MR) is 49.8 cm³/mol. The molecule has 0 aromatic carbocycles. The lowest BCUT2D eigenvalue weighted by Gasteiger charge is -2.27. The van der Waals surface area contributed by atoms with E-state index in [-0.39, 0.29) is 0 Å². The minimum atomic E-state index is 0.666. The summed E-state index contributed by atoms with van der Waals surface area (Å²) in [5, 5.41) is 3.64. The minimum Gasteiger partial charge on any atom is -0.0937 e. The predicted octanol–water partition coefficient (Wildman–Crippen LogP) is 3.51. The number of hydrogen-bond acceptors (Lipinski definition) is 1. The molecule has 1 aliphatic rings. The first-order chi connectivity index (χ1) is 5.86. The maximum absolute atomic E-state index is 8.18. The van der Waals surface area contributed by atoms with Crippen molar-refractivity contribution in [1.82, 2.24) is 0 Å². The van der Waals surface area contributed by atoms with Crippen LogP contribution in [-0.2, 0) is 0 Å². The van der Waals surface area contributed by atoms with Gasteiger partial charge in [-0.05, 0) is 23.8 Å². The molecule has 0 saturated heterocycles. The van der Waals surface area contributed by atoms with E-state index in [1.54, 1.807) is 0 Å². The van der Waals surface area contributed by atoms with Gasteiger partial charge < -0.3 is 0 Å². The summed E-state index contributed by atoms with van der Waals surface area (Å²) in [5.41, 5.74) is 8.18. The van der Waals surface area contributed by atoms with Crippen LogP contribution in [0.3, 0.4) is 0 Å². The lowest BCUT2D eigenvalue weighted by atomic mass is 9.80. The van der Waals surface area contributed by atoms with Crippen LogP contribution in [0.4, 0.5) is 0 Å². The van der Waals surface area contributed by atoms with E-state index in [9.17, 15) is 0 Å². The molecule has 0 unspecified atom stereocenters. The van der Waals surface area contributed by atoms with Gasteiger partial charge in [0.1, 0.15) is 0 Å². The Morgan fingerprint density at radius 1 is 1.42 bits per heavy atom. The van der Waals surface area contributed by atoms with Crippen molar-refractivity contribution in [3.63, 3.8) is 0 Å². The maximum Gasteiger partial charge on any atom is 0.0286 e. The number of azide groups is 1. The van der Waals surface area contributed by atoms with Crippen LogP contribution in [0.1, 0.15) is 39.0 Å². The summed E-state index contributed by atoms with van der Waals surface area (Å²) < 4.78 is 0. The smallest absolute Gasteiger partial charge is 0.0286 e. The van der Waals surface area contributed by atoms with E-state index >= 15 is 0 Å². The third-order valence-corrected chi connectivity index (χ3v) is 2.87. The van der Waals surface area contributed by atoms with Gasteiger partial charge in [-0.3, -0.25) is 0 Å². The molecule has 68 valence electrons. The summed E-state index contributed by atoms with van der Waals surface area (Å²) in [6.45, 7) is 2.97. The minimum absolute atomic E-state index is 0.666. The largest absolute Gasteiger partial charge is 0.0937 e. The fraction of sp³-hybridized carbons (Fsp3) is 1.00. The van der Waals surface area contributed by atoms with Crippen LogP contribution in [-0.4, -0.2) is 6.54 Å². The van der Waals surface area contributed by atoms with Gasteiger partial charge in [0, 0.05) is 11.5 Å². The molecule has 0 aromatic heterocycles. The van der Waals surface area contributed by atoms with E-state index in [0.717, 1.165) is 5.92 Å². The van der Waals surface area contributed by atoms with Crippen molar-refractivity contribution in [1.29, 1.82) is 0 Å². The molecular weight excluding hydrogens is 150 g/mol. The first kappa shape index (κ1) is 9.40. The molecule has 0 spiro atoms. The molecule has 0 aromatic rings. The first-order valence-electron chi connectivity index (χ1n) is 4.87. The van der Waals surface area contributed by atoms with E-state index in [0.29, 0.717) is 12.5 Å². The van der Waals surface area contributed by atoms with E-state index in [4.69, 9.17) is 5.53 Å². The molecule has 12 heavy (non-hydrogen) atoms. The Balaban J connectivity index is 2.30. The highest BCUT2D eigenvalue weighted by Gasteiger charge is 2.19. The Labute approximate surface area is 73.8 Å². The second kappa shape index (κ2) is 5.04. The van der Waals surface area contributed by atoms with Crippen LogP contribution in [0.2, 0.25) is 0 Å². The lowest BCUT2D eigenvalue weighted by Crippen LogP contribution is -2.16. The molecule has 0 N–H and O–H groups in total. The van der Waals surface area contributed by atoms with Crippen LogP contribution in [0, 0.1) is 11.8 Å². The average molecular weight is 167 g/mol. The van der Waals surface area contributed by atoms with Crippen LogP contribution in [0.5, 0.6) is 0 Å². The standard InChI is InChI=1S/C9H17N3/c1-2-8-4-3-5-9(6-8)7-11-12-10/h8-9H,2-7H2,1H3/t8-,9+/m0/s1. The van der Waals surface area contributed by atoms with Crippen molar-refractivity contribution >= 4 is 0 Å². The molecule has 1 aliphatic carbocycles. The molecule has 0 amide bonds. The highest BCUT2D eigenvalue weighted by molar-refractivity contribution is 4.73. The quantitative estimate of drug-likeness (QED) is 0.351. The Hall–Kier alpha value is -0.690. The lowest BCUT2D eigenvalue weighted by molar-refractivity contribution is 0.266. The Kier molecular flexibility index (Phi) is 3.95. The normalized spacial score (nSPS) is 29.4. The van der Waals surface area contributed by atoms with Crippen molar-refractivity contribution in [2.45, 2.75) is 39.0 Å². The summed E-state index contributed by atoms with van der Waals surface area (Å²) in [4.78, 5) is 2.81. The zero-order valence-electron chi connectivity index (χ0n) is 7.74.